The maximum absolute atomic E-state index is 5.10. The molecule has 0 N–H and O–H groups in total. The van der Waals surface area contributed by atoms with Gasteiger partial charge in [-0.2, -0.15) is 0 Å². The van der Waals surface area contributed by atoms with Crippen LogP contribution in [-0.4, -0.2) is 15.0 Å². The van der Waals surface area contributed by atoms with Crippen molar-refractivity contribution >= 4 is 31.5 Å². The van der Waals surface area contributed by atoms with Crippen LogP contribution < -0.4 is 0 Å². The molecule has 9 rings (SSSR count). The highest BCUT2D eigenvalue weighted by Gasteiger charge is 2.17. The molecule has 49 heavy (non-hydrogen) atoms. The van der Waals surface area contributed by atoms with Gasteiger partial charge in [0.2, 0.25) is 0 Å². The molecule has 2 heterocycles. The summed E-state index contributed by atoms with van der Waals surface area (Å²) < 4.78 is 2.44. The van der Waals surface area contributed by atoms with Crippen molar-refractivity contribution in [3.8, 4) is 67.5 Å². The number of hydrogen-bond donors (Lipinski definition) is 0. The highest BCUT2D eigenvalue weighted by molar-refractivity contribution is 7.26. The molecule has 0 bridgehead atoms. The van der Waals surface area contributed by atoms with E-state index < -0.39 is 0 Å². The normalized spacial score (nSPS) is 11.3. The van der Waals surface area contributed by atoms with E-state index in [9.17, 15) is 0 Å². The van der Waals surface area contributed by atoms with Gasteiger partial charge in [-0.3, -0.25) is 0 Å². The molecule has 0 unspecified atom stereocenters. The Morgan fingerprint density at radius 3 is 1.55 bits per heavy atom. The molecule has 7 aromatic carbocycles. The summed E-state index contributed by atoms with van der Waals surface area (Å²) in [6.07, 6.45) is 0. The van der Waals surface area contributed by atoms with Crippen molar-refractivity contribution in [3.63, 3.8) is 0 Å². The predicted octanol–water partition coefficient (Wildman–Crippen LogP) is 12.2. The molecule has 0 radical (unpaired) electrons. The zero-order valence-corrected chi connectivity index (χ0v) is 27.3. The molecule has 2 aromatic heterocycles. The molecule has 4 heteroatoms. The molecule has 9 aromatic rings. The Kier molecular flexibility index (Phi) is 7.34. The van der Waals surface area contributed by atoms with Crippen molar-refractivity contribution in [1.29, 1.82) is 0 Å². The van der Waals surface area contributed by atoms with Crippen molar-refractivity contribution in [2.75, 3.05) is 0 Å². The lowest BCUT2D eigenvalue weighted by Crippen LogP contribution is -2.00. The maximum atomic E-state index is 5.10. The van der Waals surface area contributed by atoms with Crippen LogP contribution in [0.4, 0.5) is 0 Å². The first-order valence-electron chi connectivity index (χ1n) is 16.4. The van der Waals surface area contributed by atoms with Crippen molar-refractivity contribution in [2.24, 2.45) is 0 Å². The Hall–Kier alpha value is -6.23. The van der Waals surface area contributed by atoms with E-state index in [0.29, 0.717) is 17.5 Å². The largest absolute Gasteiger partial charge is 0.208 e. The smallest absolute Gasteiger partial charge is 0.165 e. The fourth-order valence-corrected chi connectivity index (χ4v) is 7.76. The fraction of sp³-hybridized carbons (Fsp3) is 0. The maximum Gasteiger partial charge on any atom is 0.165 e. The van der Waals surface area contributed by atoms with Gasteiger partial charge in [0, 0.05) is 36.9 Å². The standard InChI is InChI=1S/C45H29N3S/c1-3-13-31(14-4-1)36-19-7-8-20-37(36)35-18-11-17-34(29-35)30-25-27-33(28-26-30)44-46-43(32-15-5-2-6-16-32)47-45(48-44)40-23-12-22-39-38-21-9-10-24-41(38)49-42(39)40/h1-29H. The summed E-state index contributed by atoms with van der Waals surface area (Å²) in [6.45, 7) is 0. The predicted molar refractivity (Wildman–Crippen MR) is 205 cm³/mol. The first-order valence-corrected chi connectivity index (χ1v) is 17.2. The van der Waals surface area contributed by atoms with Crippen molar-refractivity contribution in [2.45, 2.75) is 0 Å². The molecule has 0 aliphatic heterocycles. The topological polar surface area (TPSA) is 38.7 Å². The highest BCUT2D eigenvalue weighted by atomic mass is 32.1. The average Bonchev–Trinajstić information content (AvgIpc) is 3.58. The van der Waals surface area contributed by atoms with Gasteiger partial charge in [0.15, 0.2) is 17.5 Å². The zero-order valence-electron chi connectivity index (χ0n) is 26.5. The molecule has 0 saturated carbocycles. The van der Waals surface area contributed by atoms with Gasteiger partial charge in [-0.25, -0.2) is 15.0 Å². The second-order valence-electron chi connectivity index (χ2n) is 12.0. The van der Waals surface area contributed by atoms with Gasteiger partial charge in [-0.05, 0) is 51.6 Å². The molecule has 3 nitrogen and oxygen atoms in total. The van der Waals surface area contributed by atoms with Crippen LogP contribution in [0.15, 0.2) is 176 Å². The van der Waals surface area contributed by atoms with Crippen molar-refractivity contribution in [3.05, 3.63) is 176 Å². The Morgan fingerprint density at radius 1 is 0.306 bits per heavy atom. The Bertz CT molecular complexity index is 2590. The van der Waals surface area contributed by atoms with Crippen LogP contribution in [0.1, 0.15) is 0 Å². The zero-order chi connectivity index (χ0) is 32.6. The minimum Gasteiger partial charge on any atom is -0.208 e. The second kappa shape index (κ2) is 12.4. The van der Waals surface area contributed by atoms with Crippen LogP contribution in [-0.2, 0) is 0 Å². The van der Waals surface area contributed by atoms with Crippen LogP contribution in [0.25, 0.3) is 87.7 Å². The van der Waals surface area contributed by atoms with Gasteiger partial charge in [0.1, 0.15) is 0 Å². The summed E-state index contributed by atoms with van der Waals surface area (Å²) in [5.41, 5.74) is 10.0. The molecule has 0 saturated heterocycles. The van der Waals surface area contributed by atoms with Gasteiger partial charge in [0.05, 0.1) is 0 Å². The van der Waals surface area contributed by atoms with Crippen LogP contribution in [0, 0.1) is 0 Å². The number of hydrogen-bond acceptors (Lipinski definition) is 4. The van der Waals surface area contributed by atoms with E-state index >= 15 is 0 Å². The van der Waals surface area contributed by atoms with Crippen LogP contribution >= 0.6 is 11.3 Å². The third kappa shape index (κ3) is 5.48. The minimum atomic E-state index is 0.652. The second-order valence-corrected chi connectivity index (χ2v) is 13.1. The van der Waals surface area contributed by atoms with E-state index in [1.807, 2.05) is 18.2 Å². The molecule has 0 atom stereocenters. The van der Waals surface area contributed by atoms with Gasteiger partial charge < -0.3 is 0 Å². The summed E-state index contributed by atoms with van der Waals surface area (Å²) >= 11 is 1.78. The van der Waals surface area contributed by atoms with Crippen LogP contribution in [0.3, 0.4) is 0 Å². The average molecular weight is 644 g/mol. The summed E-state index contributed by atoms with van der Waals surface area (Å²) in [5.74, 6) is 1.99. The summed E-state index contributed by atoms with van der Waals surface area (Å²) in [4.78, 5) is 15.1. The van der Waals surface area contributed by atoms with Crippen molar-refractivity contribution < 1.29 is 0 Å². The van der Waals surface area contributed by atoms with E-state index in [4.69, 9.17) is 15.0 Å². The quantitative estimate of drug-likeness (QED) is 0.181. The summed E-state index contributed by atoms with van der Waals surface area (Å²) in [5, 5.41) is 2.48. The van der Waals surface area contributed by atoms with E-state index in [1.165, 1.54) is 42.4 Å². The monoisotopic (exact) mass is 643 g/mol. The van der Waals surface area contributed by atoms with Gasteiger partial charge in [0.25, 0.3) is 0 Å². The minimum absolute atomic E-state index is 0.652. The molecular formula is C45H29N3S. The number of nitrogens with zero attached hydrogens (tertiary/aromatic N) is 3. The fourth-order valence-electron chi connectivity index (χ4n) is 6.55. The SMILES string of the molecule is c1ccc(-c2nc(-c3ccc(-c4cccc(-c5ccccc5-c5ccccc5)c4)cc3)nc(-c3cccc4c3sc3ccccc34)n2)cc1. The lowest BCUT2D eigenvalue weighted by molar-refractivity contribution is 1.08. The van der Waals surface area contributed by atoms with Crippen LogP contribution in [0.5, 0.6) is 0 Å². The van der Waals surface area contributed by atoms with Gasteiger partial charge in [-0.1, -0.05) is 158 Å². The van der Waals surface area contributed by atoms with Gasteiger partial charge >= 0.3 is 0 Å². The molecule has 0 aliphatic rings. The Labute approximate surface area is 288 Å². The molecule has 0 fully saturated rings. The Balaban J connectivity index is 1.12. The molecule has 230 valence electrons. The lowest BCUT2D eigenvalue weighted by atomic mass is 9.92. The molecule has 0 amide bonds. The Morgan fingerprint density at radius 2 is 0.796 bits per heavy atom. The number of thiophene rings is 1. The molecule has 0 aliphatic carbocycles. The summed E-state index contributed by atoms with van der Waals surface area (Å²) in [7, 11) is 0. The first kappa shape index (κ1) is 29.0. The van der Waals surface area contributed by atoms with E-state index in [2.05, 4.69) is 158 Å². The van der Waals surface area contributed by atoms with Crippen LogP contribution in [0.2, 0.25) is 0 Å². The van der Waals surface area contributed by atoms with Crippen molar-refractivity contribution in [1.82, 2.24) is 15.0 Å². The number of benzene rings is 7. The lowest BCUT2D eigenvalue weighted by Gasteiger charge is -2.12. The third-order valence-corrected chi connectivity index (χ3v) is 10.2. The number of aromatic nitrogens is 3. The summed E-state index contributed by atoms with van der Waals surface area (Å²) in [6, 6.07) is 61.6. The highest BCUT2D eigenvalue weighted by Crippen LogP contribution is 2.40. The first-order chi connectivity index (χ1) is 24.3. The van der Waals surface area contributed by atoms with E-state index in [-0.39, 0.29) is 0 Å². The molecular weight excluding hydrogens is 615 g/mol. The van der Waals surface area contributed by atoms with E-state index in [1.54, 1.807) is 11.3 Å². The van der Waals surface area contributed by atoms with Gasteiger partial charge in [-0.15, -0.1) is 11.3 Å². The van der Waals surface area contributed by atoms with E-state index in [0.717, 1.165) is 27.8 Å². The third-order valence-electron chi connectivity index (χ3n) is 8.97. The molecule has 0 spiro atoms. The number of rotatable bonds is 6. The number of fused-ring (bicyclic) bond motifs is 3.